The molecule has 0 spiro atoms. The third kappa shape index (κ3) is 4.68. The van der Waals surface area contributed by atoms with Crippen molar-refractivity contribution in [3.63, 3.8) is 0 Å². The number of rotatable bonds is 6. The molecule has 1 unspecified atom stereocenters. The predicted molar refractivity (Wildman–Crippen MR) is 118 cm³/mol. The van der Waals surface area contributed by atoms with E-state index in [2.05, 4.69) is 12.7 Å². The summed E-state index contributed by atoms with van der Waals surface area (Å²) in [6, 6.07) is 5.23. The zero-order valence-electron chi connectivity index (χ0n) is 18.0. The first kappa shape index (κ1) is 22.3. The number of phenolic OH excluding ortho intramolecular Hbond substituents is 4. The van der Waals surface area contributed by atoms with E-state index in [-0.39, 0.29) is 52.4 Å². The maximum absolute atomic E-state index is 12.9. The summed E-state index contributed by atoms with van der Waals surface area (Å²) in [6.07, 6.45) is 2.26. The lowest BCUT2D eigenvalue weighted by molar-refractivity contribution is 0.0839. The Bertz CT molecular complexity index is 1060. The normalized spacial score (nSPS) is 16.2. The fourth-order valence-electron chi connectivity index (χ4n) is 3.78. The Labute approximate surface area is 181 Å². The minimum atomic E-state index is -0.818. The summed E-state index contributed by atoms with van der Waals surface area (Å²) in [6.45, 7) is 9.99. The number of fused-ring (bicyclic) bond motifs is 1. The van der Waals surface area contributed by atoms with Crippen LogP contribution in [0.5, 0.6) is 28.7 Å². The number of benzene rings is 2. The molecule has 1 heterocycles. The van der Waals surface area contributed by atoms with Crippen LogP contribution in [0.15, 0.2) is 48.1 Å². The van der Waals surface area contributed by atoms with Crippen LogP contribution in [0.1, 0.15) is 61.2 Å². The lowest BCUT2D eigenvalue weighted by Crippen LogP contribution is -2.22. The quantitative estimate of drug-likeness (QED) is 0.468. The van der Waals surface area contributed by atoms with Crippen LogP contribution in [0.3, 0.4) is 0 Å². The van der Waals surface area contributed by atoms with Crippen LogP contribution in [0.2, 0.25) is 0 Å². The summed E-state index contributed by atoms with van der Waals surface area (Å²) in [5.74, 6) is -1.05. The van der Waals surface area contributed by atoms with Crippen molar-refractivity contribution in [1.29, 1.82) is 0 Å². The molecule has 0 amide bonds. The van der Waals surface area contributed by atoms with Gasteiger partial charge in [0.2, 0.25) is 0 Å². The van der Waals surface area contributed by atoms with E-state index in [1.165, 1.54) is 24.3 Å². The highest BCUT2D eigenvalue weighted by Crippen LogP contribution is 2.47. The van der Waals surface area contributed by atoms with Crippen LogP contribution in [-0.2, 0) is 6.42 Å². The van der Waals surface area contributed by atoms with Crippen molar-refractivity contribution in [2.24, 2.45) is 5.92 Å². The van der Waals surface area contributed by atoms with Gasteiger partial charge in [0.1, 0.15) is 40.4 Å². The molecule has 2 atom stereocenters. The Kier molecular flexibility index (Phi) is 6.29. The molecule has 0 radical (unpaired) electrons. The minimum Gasteiger partial charge on any atom is -0.508 e. The van der Waals surface area contributed by atoms with E-state index in [4.69, 9.17) is 4.74 Å². The fraction of sp³-hybridized carbons (Fsp3) is 0.320. The molecular weight excluding hydrogens is 396 g/mol. The Balaban J connectivity index is 2.06. The highest BCUT2D eigenvalue weighted by molar-refractivity contribution is 6.03. The molecular formula is C25H28O6. The molecule has 0 saturated carbocycles. The Morgan fingerprint density at radius 3 is 2.45 bits per heavy atom. The number of carbonyl (C=O) groups excluding carboxylic acids is 1. The topological polar surface area (TPSA) is 107 Å². The SMILES string of the molecule is C=C(C)[C@H](CC=C(C)C)Cc1c(O)cc(O)c2c1OC(c1ccc(O)cc1O)CC2=O. The highest BCUT2D eigenvalue weighted by atomic mass is 16.5. The maximum Gasteiger partial charge on any atom is 0.174 e. The van der Waals surface area contributed by atoms with E-state index in [0.29, 0.717) is 24.0 Å². The van der Waals surface area contributed by atoms with Crippen LogP contribution in [0, 0.1) is 5.92 Å². The van der Waals surface area contributed by atoms with E-state index in [0.717, 1.165) is 11.1 Å². The van der Waals surface area contributed by atoms with E-state index in [1.54, 1.807) is 0 Å². The molecule has 0 aliphatic carbocycles. The number of aromatic hydroxyl groups is 4. The van der Waals surface area contributed by atoms with Gasteiger partial charge in [-0.25, -0.2) is 0 Å². The molecule has 6 heteroatoms. The van der Waals surface area contributed by atoms with Gasteiger partial charge in [-0.15, -0.1) is 0 Å². The van der Waals surface area contributed by atoms with Crippen molar-refractivity contribution in [2.45, 2.75) is 46.1 Å². The van der Waals surface area contributed by atoms with Gasteiger partial charge < -0.3 is 25.2 Å². The Morgan fingerprint density at radius 2 is 1.84 bits per heavy atom. The predicted octanol–water partition coefficient (Wildman–Crippen LogP) is 5.31. The molecule has 0 aromatic heterocycles. The monoisotopic (exact) mass is 424 g/mol. The summed E-state index contributed by atoms with van der Waals surface area (Å²) in [7, 11) is 0. The Hall–Kier alpha value is -3.41. The molecule has 0 saturated heterocycles. The van der Waals surface area contributed by atoms with Crippen molar-refractivity contribution in [3.8, 4) is 28.7 Å². The molecule has 1 aliphatic rings. The van der Waals surface area contributed by atoms with Crippen LogP contribution < -0.4 is 4.74 Å². The van der Waals surface area contributed by atoms with Crippen LogP contribution in [0.4, 0.5) is 0 Å². The Morgan fingerprint density at radius 1 is 1.13 bits per heavy atom. The number of hydrogen-bond acceptors (Lipinski definition) is 6. The first-order chi connectivity index (χ1) is 14.6. The lowest BCUT2D eigenvalue weighted by Gasteiger charge is -2.29. The highest BCUT2D eigenvalue weighted by Gasteiger charge is 2.35. The number of ether oxygens (including phenoxy) is 1. The number of hydrogen-bond donors (Lipinski definition) is 4. The van der Waals surface area contributed by atoms with E-state index in [1.807, 2.05) is 20.8 Å². The van der Waals surface area contributed by atoms with Gasteiger partial charge in [0, 0.05) is 23.3 Å². The first-order valence-electron chi connectivity index (χ1n) is 10.2. The second-order valence-electron chi connectivity index (χ2n) is 8.34. The van der Waals surface area contributed by atoms with Gasteiger partial charge in [-0.05, 0) is 51.7 Å². The first-order valence-corrected chi connectivity index (χ1v) is 10.2. The average Bonchev–Trinajstić information content (AvgIpc) is 2.66. The molecule has 0 fully saturated rings. The number of allylic oxidation sites excluding steroid dienone is 3. The van der Waals surface area contributed by atoms with Gasteiger partial charge in [-0.1, -0.05) is 23.8 Å². The third-order valence-corrected chi connectivity index (χ3v) is 5.57. The van der Waals surface area contributed by atoms with Crippen LogP contribution >= 0.6 is 0 Å². The van der Waals surface area contributed by atoms with Crippen molar-refractivity contribution in [1.82, 2.24) is 0 Å². The number of phenols is 4. The molecule has 2 aromatic carbocycles. The van der Waals surface area contributed by atoms with Gasteiger partial charge >= 0.3 is 0 Å². The van der Waals surface area contributed by atoms with Crippen molar-refractivity contribution >= 4 is 5.78 Å². The molecule has 0 bridgehead atoms. The van der Waals surface area contributed by atoms with Crippen molar-refractivity contribution in [3.05, 3.63) is 64.8 Å². The summed E-state index contributed by atoms with van der Waals surface area (Å²) >= 11 is 0. The molecule has 3 rings (SSSR count). The molecule has 6 nitrogen and oxygen atoms in total. The minimum absolute atomic E-state index is 0.00408. The second-order valence-corrected chi connectivity index (χ2v) is 8.34. The van der Waals surface area contributed by atoms with Gasteiger partial charge in [0.15, 0.2) is 5.78 Å². The molecule has 31 heavy (non-hydrogen) atoms. The zero-order valence-corrected chi connectivity index (χ0v) is 18.0. The molecule has 1 aliphatic heterocycles. The van der Waals surface area contributed by atoms with Crippen molar-refractivity contribution in [2.75, 3.05) is 0 Å². The fourth-order valence-corrected chi connectivity index (χ4v) is 3.78. The van der Waals surface area contributed by atoms with E-state index >= 15 is 0 Å². The average molecular weight is 424 g/mol. The van der Waals surface area contributed by atoms with Crippen LogP contribution in [-0.4, -0.2) is 26.2 Å². The van der Waals surface area contributed by atoms with Crippen molar-refractivity contribution < 1.29 is 30.0 Å². The van der Waals surface area contributed by atoms with Gasteiger partial charge in [-0.2, -0.15) is 0 Å². The summed E-state index contributed by atoms with van der Waals surface area (Å²) in [5.41, 5.74) is 2.88. The van der Waals surface area contributed by atoms with Gasteiger partial charge in [-0.3, -0.25) is 4.79 Å². The lowest BCUT2D eigenvalue weighted by atomic mass is 9.86. The standard InChI is InChI=1S/C25H28O6/c1-13(2)5-6-15(14(3)4)9-18-20(28)11-21(29)24-22(30)12-23(31-25(18)24)17-8-7-16(26)10-19(17)27/h5,7-8,10-11,15,23,26-29H,3,6,9,12H2,1-2,4H3/t15-,23?/m1/s1. The maximum atomic E-state index is 12.9. The van der Waals surface area contributed by atoms with E-state index < -0.39 is 6.10 Å². The number of ketones is 1. The summed E-state index contributed by atoms with van der Waals surface area (Å²) in [5, 5.41) is 40.7. The van der Waals surface area contributed by atoms with Gasteiger partial charge in [0.05, 0.1) is 6.42 Å². The summed E-state index contributed by atoms with van der Waals surface area (Å²) < 4.78 is 6.08. The third-order valence-electron chi connectivity index (χ3n) is 5.57. The number of Topliss-reactive ketones (excluding diaryl/α,β-unsaturated/α-hetero) is 1. The molecule has 2 aromatic rings. The van der Waals surface area contributed by atoms with Gasteiger partial charge in [0.25, 0.3) is 0 Å². The zero-order chi connectivity index (χ0) is 22.9. The smallest absolute Gasteiger partial charge is 0.174 e. The largest absolute Gasteiger partial charge is 0.508 e. The summed E-state index contributed by atoms with van der Waals surface area (Å²) in [4.78, 5) is 12.9. The number of carbonyl (C=O) groups is 1. The van der Waals surface area contributed by atoms with E-state index in [9.17, 15) is 25.2 Å². The molecule has 164 valence electrons. The van der Waals surface area contributed by atoms with Crippen LogP contribution in [0.25, 0.3) is 0 Å². The molecule has 4 N–H and O–H groups in total. The second kappa shape index (κ2) is 8.76.